The second-order valence-corrected chi connectivity index (χ2v) is 5.88. The van der Waals surface area contributed by atoms with E-state index in [1.807, 2.05) is 24.3 Å². The molecule has 0 bridgehead atoms. The third-order valence-corrected chi connectivity index (χ3v) is 4.08. The van der Waals surface area contributed by atoms with Crippen LogP contribution in [0.4, 0.5) is 11.6 Å². The van der Waals surface area contributed by atoms with Gasteiger partial charge >= 0.3 is 0 Å². The maximum atomic E-state index is 12.3. The van der Waals surface area contributed by atoms with Gasteiger partial charge in [0.1, 0.15) is 0 Å². The lowest BCUT2D eigenvalue weighted by Crippen LogP contribution is -2.28. The van der Waals surface area contributed by atoms with Gasteiger partial charge in [-0.3, -0.25) is 14.9 Å². The van der Waals surface area contributed by atoms with Gasteiger partial charge in [-0.1, -0.05) is 25.5 Å². The Labute approximate surface area is 140 Å². The van der Waals surface area contributed by atoms with Crippen molar-refractivity contribution in [3.63, 3.8) is 0 Å². The number of amides is 2. The average Bonchev–Trinajstić information content (AvgIpc) is 2.99. The molecule has 124 valence electrons. The molecule has 6 heteroatoms. The van der Waals surface area contributed by atoms with Crippen molar-refractivity contribution in [3.05, 3.63) is 48.3 Å². The van der Waals surface area contributed by atoms with Crippen LogP contribution < -0.4 is 10.2 Å². The molecule has 24 heavy (non-hydrogen) atoms. The van der Waals surface area contributed by atoms with E-state index in [0.717, 1.165) is 18.5 Å². The van der Waals surface area contributed by atoms with Crippen molar-refractivity contribution in [1.82, 2.24) is 9.97 Å². The summed E-state index contributed by atoms with van der Waals surface area (Å²) in [6.45, 7) is 2.52. The van der Waals surface area contributed by atoms with Gasteiger partial charge in [0.25, 0.3) is 0 Å². The van der Waals surface area contributed by atoms with E-state index >= 15 is 0 Å². The minimum absolute atomic E-state index is 0.0348. The predicted molar refractivity (Wildman–Crippen MR) is 91.6 cm³/mol. The number of carbonyl (C=O) groups is 2. The molecule has 3 rings (SSSR count). The normalized spacial score (nSPS) is 17.1. The summed E-state index contributed by atoms with van der Waals surface area (Å²) in [6, 6.07) is 9.65. The number of benzene rings is 1. The molecule has 2 aromatic rings. The molecule has 1 aromatic heterocycles. The second-order valence-electron chi connectivity index (χ2n) is 5.88. The second kappa shape index (κ2) is 7.21. The molecule has 0 aliphatic carbocycles. The summed E-state index contributed by atoms with van der Waals surface area (Å²) in [5.41, 5.74) is 2.09. The molecule has 6 nitrogen and oxygen atoms in total. The number of hydrogen-bond donors (Lipinski definition) is 1. The van der Waals surface area contributed by atoms with Gasteiger partial charge in [-0.15, -0.1) is 0 Å². The van der Waals surface area contributed by atoms with Crippen LogP contribution in [0.5, 0.6) is 0 Å². The topological polar surface area (TPSA) is 75.2 Å². The van der Waals surface area contributed by atoms with Crippen LogP contribution in [0, 0.1) is 5.92 Å². The van der Waals surface area contributed by atoms with Crippen molar-refractivity contribution in [2.24, 2.45) is 5.92 Å². The highest BCUT2D eigenvalue weighted by atomic mass is 16.2. The van der Waals surface area contributed by atoms with E-state index in [9.17, 15) is 9.59 Å². The summed E-state index contributed by atoms with van der Waals surface area (Å²) >= 11 is 0. The number of anilines is 2. The molecule has 1 atom stereocenters. The summed E-state index contributed by atoms with van der Waals surface area (Å²) in [7, 11) is 0. The van der Waals surface area contributed by atoms with Crippen molar-refractivity contribution in [2.45, 2.75) is 26.2 Å². The van der Waals surface area contributed by atoms with Gasteiger partial charge in [0.05, 0.1) is 5.92 Å². The number of carbonyl (C=O) groups excluding carboxylic acids is 2. The zero-order valence-corrected chi connectivity index (χ0v) is 13.6. The van der Waals surface area contributed by atoms with Gasteiger partial charge in [-0.05, 0) is 30.2 Å². The van der Waals surface area contributed by atoms with Gasteiger partial charge < -0.3 is 4.90 Å². The highest BCUT2D eigenvalue weighted by Crippen LogP contribution is 2.26. The fourth-order valence-corrected chi connectivity index (χ4v) is 2.84. The Hall–Kier alpha value is -2.76. The Bertz CT molecular complexity index is 716. The monoisotopic (exact) mass is 324 g/mol. The zero-order valence-electron chi connectivity index (χ0n) is 13.6. The smallest absolute Gasteiger partial charge is 0.232 e. The summed E-state index contributed by atoms with van der Waals surface area (Å²) in [5, 5.41) is 2.66. The number of aromatic nitrogens is 2. The predicted octanol–water partition coefficient (Wildman–Crippen LogP) is 2.42. The Morgan fingerprint density at radius 1 is 1.25 bits per heavy atom. The minimum Gasteiger partial charge on any atom is -0.312 e. The van der Waals surface area contributed by atoms with Crippen LogP contribution in [0.15, 0.2) is 42.7 Å². The molecule has 0 saturated carbocycles. The molecule has 2 amide bonds. The van der Waals surface area contributed by atoms with Gasteiger partial charge in [0.2, 0.25) is 17.8 Å². The summed E-state index contributed by atoms with van der Waals surface area (Å²) in [4.78, 5) is 34.2. The quantitative estimate of drug-likeness (QED) is 0.916. The van der Waals surface area contributed by atoms with Gasteiger partial charge in [-0.25, -0.2) is 9.97 Å². The van der Waals surface area contributed by atoms with Crippen LogP contribution in [-0.4, -0.2) is 28.3 Å². The Balaban J connectivity index is 1.65. The zero-order chi connectivity index (χ0) is 16.9. The van der Waals surface area contributed by atoms with Crippen molar-refractivity contribution in [2.75, 3.05) is 16.8 Å². The summed E-state index contributed by atoms with van der Waals surface area (Å²) in [5.74, 6) is -0.388. The number of rotatable bonds is 5. The molecular weight excluding hydrogens is 304 g/mol. The average molecular weight is 324 g/mol. The first-order valence-electron chi connectivity index (χ1n) is 8.14. The third kappa shape index (κ3) is 3.59. The highest BCUT2D eigenvalue weighted by Gasteiger charge is 2.35. The molecule has 1 saturated heterocycles. The molecule has 0 spiro atoms. The van der Waals surface area contributed by atoms with E-state index in [4.69, 9.17) is 0 Å². The lowest BCUT2D eigenvalue weighted by molar-refractivity contribution is -0.122. The number of nitrogens with one attached hydrogen (secondary N) is 1. The van der Waals surface area contributed by atoms with Crippen LogP contribution in [0.25, 0.3) is 0 Å². The Kier molecular flexibility index (Phi) is 4.84. The number of nitrogens with zero attached hydrogens (tertiary/aromatic N) is 3. The van der Waals surface area contributed by atoms with Gasteiger partial charge in [0.15, 0.2) is 0 Å². The molecule has 1 aliphatic heterocycles. The number of hydrogen-bond acceptors (Lipinski definition) is 4. The van der Waals surface area contributed by atoms with E-state index in [2.05, 4.69) is 22.2 Å². The molecule has 0 radical (unpaired) electrons. The van der Waals surface area contributed by atoms with Crippen molar-refractivity contribution in [3.8, 4) is 0 Å². The standard InChI is InChI=1S/C18H20N4O2/c1-2-4-13-5-7-15(8-6-13)22-12-14(11-16(22)23)17(24)21-18-19-9-3-10-20-18/h3,5-10,14H,2,4,11-12H2,1H3,(H,19,20,21,24)/t14-/m1/s1. The number of aryl methyl sites for hydroxylation is 1. The Morgan fingerprint density at radius 2 is 1.96 bits per heavy atom. The molecule has 1 N–H and O–H groups in total. The van der Waals surface area contributed by atoms with Crippen LogP contribution >= 0.6 is 0 Å². The maximum Gasteiger partial charge on any atom is 0.232 e. The van der Waals surface area contributed by atoms with E-state index < -0.39 is 5.92 Å². The first-order chi connectivity index (χ1) is 11.7. The van der Waals surface area contributed by atoms with Gasteiger partial charge in [0, 0.05) is 31.0 Å². The van der Waals surface area contributed by atoms with Crippen molar-refractivity contribution >= 4 is 23.5 Å². The third-order valence-electron chi connectivity index (χ3n) is 4.08. The van der Waals surface area contributed by atoms with Crippen LogP contribution in [0.1, 0.15) is 25.3 Å². The molecule has 0 unspecified atom stereocenters. The van der Waals surface area contributed by atoms with Crippen LogP contribution in [-0.2, 0) is 16.0 Å². The maximum absolute atomic E-state index is 12.3. The lowest BCUT2D eigenvalue weighted by atomic mass is 10.1. The lowest BCUT2D eigenvalue weighted by Gasteiger charge is -2.17. The first-order valence-corrected chi connectivity index (χ1v) is 8.14. The summed E-state index contributed by atoms with van der Waals surface area (Å²) < 4.78 is 0. The fraction of sp³-hybridized carbons (Fsp3) is 0.333. The minimum atomic E-state index is -0.392. The van der Waals surface area contributed by atoms with E-state index in [-0.39, 0.29) is 24.2 Å². The molecule has 2 heterocycles. The van der Waals surface area contributed by atoms with Crippen molar-refractivity contribution in [1.29, 1.82) is 0 Å². The fourth-order valence-electron chi connectivity index (χ4n) is 2.84. The van der Waals surface area contributed by atoms with Crippen molar-refractivity contribution < 1.29 is 9.59 Å². The van der Waals surface area contributed by atoms with E-state index in [0.29, 0.717) is 6.54 Å². The van der Waals surface area contributed by atoms with Gasteiger partial charge in [-0.2, -0.15) is 0 Å². The van der Waals surface area contributed by atoms with Crippen LogP contribution in [0.3, 0.4) is 0 Å². The SMILES string of the molecule is CCCc1ccc(N2C[C@H](C(=O)Nc3ncccn3)CC2=O)cc1. The van der Waals surface area contributed by atoms with E-state index in [1.54, 1.807) is 23.4 Å². The largest absolute Gasteiger partial charge is 0.312 e. The Morgan fingerprint density at radius 3 is 2.62 bits per heavy atom. The van der Waals surface area contributed by atoms with E-state index in [1.165, 1.54) is 5.56 Å². The molecule has 1 aliphatic rings. The molecule has 1 aromatic carbocycles. The van der Waals surface area contributed by atoms with Crippen LogP contribution in [0.2, 0.25) is 0 Å². The molecule has 1 fully saturated rings. The summed E-state index contributed by atoms with van der Waals surface area (Å²) in [6.07, 6.45) is 5.44. The molecular formula is C18H20N4O2. The first kappa shape index (κ1) is 16.1. The highest BCUT2D eigenvalue weighted by molar-refractivity contribution is 6.03.